The molecule has 4 nitrogen and oxygen atoms in total. The van der Waals surface area contributed by atoms with Crippen molar-refractivity contribution in [1.82, 2.24) is 10.2 Å². The van der Waals surface area contributed by atoms with Gasteiger partial charge in [-0.05, 0) is 40.2 Å². The molecule has 0 aromatic rings. The van der Waals surface area contributed by atoms with Gasteiger partial charge in [-0.2, -0.15) is 0 Å². The lowest BCUT2D eigenvalue weighted by Gasteiger charge is -2.41. The summed E-state index contributed by atoms with van der Waals surface area (Å²) in [6, 6.07) is 0.580. The zero-order valence-electron chi connectivity index (χ0n) is 10.5. The summed E-state index contributed by atoms with van der Waals surface area (Å²) in [6.07, 6.45) is 2.11. The number of hydrogen-bond donors (Lipinski definition) is 1. The van der Waals surface area contributed by atoms with Crippen molar-refractivity contribution in [3.05, 3.63) is 0 Å². The Balaban J connectivity index is 2.01. The molecule has 0 aromatic heterocycles. The number of likely N-dealkylation sites (tertiary alicyclic amines) is 1. The first-order valence-corrected chi connectivity index (χ1v) is 6.22. The van der Waals surface area contributed by atoms with Crippen LogP contribution in [0.2, 0.25) is 0 Å². The number of nitrogens with one attached hydrogen (secondary N) is 1. The van der Waals surface area contributed by atoms with Crippen LogP contribution in [0.15, 0.2) is 0 Å². The molecule has 0 radical (unpaired) electrons. The van der Waals surface area contributed by atoms with Gasteiger partial charge < -0.3 is 15.0 Å². The highest BCUT2D eigenvalue weighted by molar-refractivity contribution is 5.70. The van der Waals surface area contributed by atoms with Crippen molar-refractivity contribution < 1.29 is 9.53 Å². The molecule has 2 saturated heterocycles. The highest BCUT2D eigenvalue weighted by Gasteiger charge is 2.44. The van der Waals surface area contributed by atoms with E-state index in [0.717, 1.165) is 13.0 Å². The largest absolute Gasteiger partial charge is 0.441 e. The van der Waals surface area contributed by atoms with Gasteiger partial charge in [0.1, 0.15) is 5.60 Å². The zero-order valence-corrected chi connectivity index (χ0v) is 10.5. The fraction of sp³-hybridized carbons (Fsp3) is 0.917. The molecular formula is C12H22N2O2. The van der Waals surface area contributed by atoms with Crippen LogP contribution in [0.25, 0.3) is 0 Å². The van der Waals surface area contributed by atoms with Crippen LogP contribution in [0.4, 0.5) is 4.79 Å². The molecule has 4 heteroatoms. The second-order valence-electron chi connectivity index (χ2n) is 5.48. The molecule has 0 bridgehead atoms. The average Bonchev–Trinajstić information content (AvgIpc) is 2.60. The predicted octanol–water partition coefficient (Wildman–Crippen LogP) is 1.61. The van der Waals surface area contributed by atoms with Crippen LogP contribution < -0.4 is 5.32 Å². The van der Waals surface area contributed by atoms with E-state index in [0.29, 0.717) is 18.5 Å². The van der Waals surface area contributed by atoms with Gasteiger partial charge in [-0.25, -0.2) is 4.79 Å². The Hall–Kier alpha value is -0.770. The van der Waals surface area contributed by atoms with Crippen LogP contribution in [-0.4, -0.2) is 42.3 Å². The minimum Gasteiger partial charge on any atom is -0.441 e. The van der Waals surface area contributed by atoms with Crippen molar-refractivity contribution in [3.8, 4) is 0 Å². The minimum absolute atomic E-state index is 0.260. The van der Waals surface area contributed by atoms with Gasteiger partial charge in [0, 0.05) is 18.5 Å². The van der Waals surface area contributed by atoms with Crippen molar-refractivity contribution in [2.75, 3.05) is 19.6 Å². The van der Waals surface area contributed by atoms with E-state index in [1.807, 2.05) is 0 Å². The summed E-state index contributed by atoms with van der Waals surface area (Å²) >= 11 is 0. The van der Waals surface area contributed by atoms with E-state index < -0.39 is 0 Å². The summed E-state index contributed by atoms with van der Waals surface area (Å²) in [5.41, 5.74) is -0.301. The predicted molar refractivity (Wildman–Crippen MR) is 62.3 cm³/mol. The van der Waals surface area contributed by atoms with Crippen molar-refractivity contribution in [1.29, 1.82) is 0 Å². The average molecular weight is 226 g/mol. The molecule has 2 heterocycles. The maximum atomic E-state index is 11.2. The molecule has 16 heavy (non-hydrogen) atoms. The zero-order chi connectivity index (χ0) is 11.8. The van der Waals surface area contributed by atoms with Crippen LogP contribution in [-0.2, 0) is 4.74 Å². The maximum Gasteiger partial charge on any atom is 0.407 e. The summed E-state index contributed by atoms with van der Waals surface area (Å²) in [6.45, 7) is 9.38. The standard InChI is InChI=1S/C12H22N2O2/c1-9(2)14-6-4-5-10(7-14)12(3)8-13-11(15)16-12/h9-10H,4-8H2,1-3H3,(H,13,15). The van der Waals surface area contributed by atoms with Crippen molar-refractivity contribution in [2.45, 2.75) is 45.3 Å². The van der Waals surface area contributed by atoms with Crippen LogP contribution in [0.3, 0.4) is 0 Å². The number of alkyl carbamates (subject to hydrolysis) is 1. The molecule has 2 unspecified atom stereocenters. The molecule has 2 atom stereocenters. The molecule has 92 valence electrons. The van der Waals surface area contributed by atoms with Crippen LogP contribution in [0.1, 0.15) is 33.6 Å². The lowest BCUT2D eigenvalue weighted by Crippen LogP contribution is -2.49. The van der Waals surface area contributed by atoms with Crippen LogP contribution in [0, 0.1) is 5.92 Å². The summed E-state index contributed by atoms with van der Waals surface area (Å²) in [7, 11) is 0. The Bertz CT molecular complexity index is 280. The molecule has 0 aliphatic carbocycles. The molecule has 2 fully saturated rings. The third-order valence-electron chi connectivity index (χ3n) is 3.96. The Morgan fingerprint density at radius 1 is 1.56 bits per heavy atom. The SMILES string of the molecule is CC(C)N1CCCC(C2(C)CNC(=O)O2)C1. The van der Waals surface area contributed by atoms with E-state index in [9.17, 15) is 4.79 Å². The second kappa shape index (κ2) is 4.24. The van der Waals surface area contributed by atoms with E-state index in [-0.39, 0.29) is 11.7 Å². The molecule has 2 rings (SSSR count). The summed E-state index contributed by atoms with van der Waals surface area (Å²) in [5, 5.41) is 2.77. The first-order chi connectivity index (χ1) is 7.51. The van der Waals surface area contributed by atoms with Gasteiger partial charge in [0.05, 0.1) is 6.54 Å². The molecule has 2 aliphatic heterocycles. The number of piperidine rings is 1. The van der Waals surface area contributed by atoms with Gasteiger partial charge in [-0.15, -0.1) is 0 Å². The Kier molecular flexibility index (Phi) is 3.10. The lowest BCUT2D eigenvalue weighted by molar-refractivity contribution is -0.0168. The van der Waals surface area contributed by atoms with Gasteiger partial charge in [-0.3, -0.25) is 0 Å². The van der Waals surface area contributed by atoms with Crippen molar-refractivity contribution in [2.24, 2.45) is 5.92 Å². The highest BCUT2D eigenvalue weighted by atomic mass is 16.6. The molecular weight excluding hydrogens is 204 g/mol. The van der Waals surface area contributed by atoms with E-state index in [4.69, 9.17) is 4.74 Å². The quantitative estimate of drug-likeness (QED) is 0.777. The Morgan fingerprint density at radius 2 is 2.31 bits per heavy atom. The van der Waals surface area contributed by atoms with E-state index in [1.54, 1.807) is 0 Å². The van der Waals surface area contributed by atoms with Gasteiger partial charge in [0.15, 0.2) is 0 Å². The Labute approximate surface area is 97.3 Å². The van der Waals surface area contributed by atoms with Gasteiger partial charge in [-0.1, -0.05) is 0 Å². The summed E-state index contributed by atoms with van der Waals surface area (Å²) in [4.78, 5) is 13.6. The molecule has 0 saturated carbocycles. The second-order valence-corrected chi connectivity index (χ2v) is 5.48. The molecule has 0 aromatic carbocycles. The lowest BCUT2D eigenvalue weighted by atomic mass is 9.82. The van der Waals surface area contributed by atoms with Crippen LogP contribution in [0.5, 0.6) is 0 Å². The number of nitrogens with zero attached hydrogens (tertiary/aromatic N) is 1. The van der Waals surface area contributed by atoms with E-state index in [2.05, 4.69) is 31.0 Å². The van der Waals surface area contributed by atoms with Gasteiger partial charge in [0.25, 0.3) is 0 Å². The number of hydrogen-bond acceptors (Lipinski definition) is 3. The number of cyclic esters (lactones) is 1. The first kappa shape index (κ1) is 11.7. The summed E-state index contributed by atoms with van der Waals surface area (Å²) < 4.78 is 5.44. The van der Waals surface area contributed by atoms with Crippen LogP contribution >= 0.6 is 0 Å². The van der Waals surface area contributed by atoms with E-state index >= 15 is 0 Å². The molecule has 1 amide bonds. The molecule has 1 N–H and O–H groups in total. The summed E-state index contributed by atoms with van der Waals surface area (Å²) in [5.74, 6) is 0.461. The highest BCUT2D eigenvalue weighted by Crippen LogP contribution is 2.32. The smallest absolute Gasteiger partial charge is 0.407 e. The molecule has 0 spiro atoms. The normalized spacial score (nSPS) is 36.2. The van der Waals surface area contributed by atoms with Gasteiger partial charge >= 0.3 is 6.09 Å². The van der Waals surface area contributed by atoms with E-state index in [1.165, 1.54) is 13.0 Å². The Morgan fingerprint density at radius 3 is 2.88 bits per heavy atom. The van der Waals surface area contributed by atoms with Crippen molar-refractivity contribution in [3.63, 3.8) is 0 Å². The number of carbonyl (C=O) groups is 1. The first-order valence-electron chi connectivity index (χ1n) is 6.22. The number of ether oxygens (including phenoxy) is 1. The van der Waals surface area contributed by atoms with Crippen molar-refractivity contribution >= 4 is 6.09 Å². The number of carbonyl (C=O) groups excluding carboxylic acids is 1. The topological polar surface area (TPSA) is 41.6 Å². The fourth-order valence-electron chi connectivity index (χ4n) is 2.73. The number of rotatable bonds is 2. The van der Waals surface area contributed by atoms with Gasteiger partial charge in [0.2, 0.25) is 0 Å². The third-order valence-corrected chi connectivity index (χ3v) is 3.96. The maximum absolute atomic E-state index is 11.2. The minimum atomic E-state index is -0.301. The fourth-order valence-corrected chi connectivity index (χ4v) is 2.73. The monoisotopic (exact) mass is 226 g/mol. The molecule has 2 aliphatic rings. The number of amides is 1. The third kappa shape index (κ3) is 2.17.